The number of ether oxygens (including phenoxy) is 2. The summed E-state index contributed by atoms with van der Waals surface area (Å²) < 4.78 is 11.0. The van der Waals surface area contributed by atoms with Gasteiger partial charge in [-0.1, -0.05) is 6.92 Å². The second-order valence-electron chi connectivity index (χ2n) is 4.71. The molecule has 0 spiro atoms. The van der Waals surface area contributed by atoms with E-state index in [-0.39, 0.29) is 18.5 Å². The summed E-state index contributed by atoms with van der Waals surface area (Å²) in [6.45, 7) is 1.92. The summed E-state index contributed by atoms with van der Waals surface area (Å²) in [6, 6.07) is 4.12. The van der Waals surface area contributed by atoms with Gasteiger partial charge >= 0.3 is 0 Å². The van der Waals surface area contributed by atoms with Crippen molar-refractivity contribution in [3.05, 3.63) is 18.3 Å². The molecule has 1 heterocycles. The normalized spacial score (nSPS) is 21.6. The Labute approximate surface area is 113 Å². The number of ketones is 1. The molecule has 2 rings (SSSR count). The standard InChI is InChI=1S/C14H20N2O3/c1-3-11(17)9-18-12-4-5-14(16-8-12)19-13-6-10(7-13)15-2/h4-5,8,10,13,15H,3,6-7,9H2,1-2H3/t10-,13+. The van der Waals surface area contributed by atoms with Crippen LogP contribution in [0.4, 0.5) is 0 Å². The Hall–Kier alpha value is -1.62. The van der Waals surface area contributed by atoms with Crippen LogP contribution in [0.1, 0.15) is 26.2 Å². The van der Waals surface area contributed by atoms with Crippen molar-refractivity contribution in [2.45, 2.75) is 38.3 Å². The molecule has 1 N–H and O–H groups in total. The number of nitrogens with one attached hydrogen (secondary N) is 1. The van der Waals surface area contributed by atoms with E-state index < -0.39 is 0 Å². The van der Waals surface area contributed by atoms with Gasteiger partial charge in [-0.2, -0.15) is 0 Å². The van der Waals surface area contributed by atoms with Gasteiger partial charge in [-0.05, 0) is 26.0 Å². The highest BCUT2D eigenvalue weighted by Crippen LogP contribution is 2.25. The first-order chi connectivity index (χ1) is 9.21. The van der Waals surface area contributed by atoms with Gasteiger partial charge in [-0.15, -0.1) is 0 Å². The van der Waals surface area contributed by atoms with E-state index in [4.69, 9.17) is 9.47 Å². The van der Waals surface area contributed by atoms with Crippen molar-refractivity contribution >= 4 is 5.78 Å². The van der Waals surface area contributed by atoms with Crippen molar-refractivity contribution in [3.8, 4) is 11.6 Å². The van der Waals surface area contributed by atoms with E-state index >= 15 is 0 Å². The Kier molecular flexibility index (Phi) is 4.74. The summed E-state index contributed by atoms with van der Waals surface area (Å²) in [7, 11) is 1.96. The van der Waals surface area contributed by atoms with Crippen LogP contribution < -0.4 is 14.8 Å². The molecule has 1 fully saturated rings. The zero-order chi connectivity index (χ0) is 13.7. The minimum atomic E-state index is 0.0768. The fraction of sp³-hybridized carbons (Fsp3) is 0.571. The molecule has 0 aromatic carbocycles. The molecule has 1 aromatic heterocycles. The second-order valence-corrected chi connectivity index (χ2v) is 4.71. The molecule has 1 aliphatic rings. The summed E-state index contributed by atoms with van der Waals surface area (Å²) in [5.41, 5.74) is 0. The number of carbonyl (C=O) groups is 1. The predicted molar refractivity (Wildman–Crippen MR) is 71.5 cm³/mol. The van der Waals surface area contributed by atoms with Crippen LogP contribution in [0.5, 0.6) is 11.6 Å². The topological polar surface area (TPSA) is 60.5 Å². The Morgan fingerprint density at radius 1 is 1.47 bits per heavy atom. The molecule has 1 aliphatic carbocycles. The van der Waals surface area contributed by atoms with E-state index in [9.17, 15) is 4.79 Å². The lowest BCUT2D eigenvalue weighted by Crippen LogP contribution is -2.45. The second kappa shape index (κ2) is 6.52. The van der Waals surface area contributed by atoms with Crippen LogP contribution in [-0.4, -0.2) is 36.6 Å². The number of carbonyl (C=O) groups excluding carboxylic acids is 1. The van der Waals surface area contributed by atoms with Crippen LogP contribution >= 0.6 is 0 Å². The molecule has 0 saturated heterocycles. The van der Waals surface area contributed by atoms with E-state index in [1.54, 1.807) is 18.3 Å². The Morgan fingerprint density at radius 3 is 2.84 bits per heavy atom. The van der Waals surface area contributed by atoms with Crippen molar-refractivity contribution in [3.63, 3.8) is 0 Å². The van der Waals surface area contributed by atoms with Gasteiger partial charge in [-0.3, -0.25) is 4.79 Å². The van der Waals surface area contributed by atoms with Crippen LogP contribution in [0, 0.1) is 0 Å². The van der Waals surface area contributed by atoms with E-state index in [1.807, 2.05) is 14.0 Å². The van der Waals surface area contributed by atoms with Gasteiger partial charge < -0.3 is 14.8 Å². The van der Waals surface area contributed by atoms with E-state index in [0.29, 0.717) is 24.1 Å². The molecule has 1 saturated carbocycles. The average Bonchev–Trinajstić information content (AvgIpc) is 2.40. The van der Waals surface area contributed by atoms with Crippen LogP contribution in [0.3, 0.4) is 0 Å². The molecule has 0 bridgehead atoms. The largest absolute Gasteiger partial charge is 0.484 e. The molecule has 5 heteroatoms. The average molecular weight is 264 g/mol. The van der Waals surface area contributed by atoms with Gasteiger partial charge in [0.25, 0.3) is 0 Å². The van der Waals surface area contributed by atoms with Crippen LogP contribution in [0.15, 0.2) is 18.3 Å². The molecule has 0 radical (unpaired) electrons. The molecule has 0 aliphatic heterocycles. The van der Waals surface area contributed by atoms with Crippen molar-refractivity contribution in [2.75, 3.05) is 13.7 Å². The van der Waals surface area contributed by atoms with Gasteiger partial charge in [0.2, 0.25) is 5.88 Å². The molecule has 0 atom stereocenters. The lowest BCUT2D eigenvalue weighted by molar-refractivity contribution is -0.120. The Bertz CT molecular complexity index is 413. The number of hydrogen-bond donors (Lipinski definition) is 1. The molecule has 0 unspecified atom stereocenters. The van der Waals surface area contributed by atoms with Gasteiger partial charge in [0.05, 0.1) is 6.20 Å². The monoisotopic (exact) mass is 264 g/mol. The highest BCUT2D eigenvalue weighted by molar-refractivity contribution is 5.79. The number of rotatable bonds is 7. The maximum Gasteiger partial charge on any atom is 0.213 e. The lowest BCUT2D eigenvalue weighted by atomic mass is 9.89. The first kappa shape index (κ1) is 13.8. The van der Waals surface area contributed by atoms with Crippen molar-refractivity contribution in [1.29, 1.82) is 0 Å². The first-order valence-electron chi connectivity index (χ1n) is 6.65. The van der Waals surface area contributed by atoms with Crippen LogP contribution in [0.25, 0.3) is 0 Å². The summed E-state index contributed by atoms with van der Waals surface area (Å²) in [5.74, 6) is 1.28. The third-order valence-electron chi connectivity index (χ3n) is 3.29. The van der Waals surface area contributed by atoms with Crippen LogP contribution in [-0.2, 0) is 4.79 Å². The summed E-state index contributed by atoms with van der Waals surface area (Å²) >= 11 is 0. The van der Waals surface area contributed by atoms with Gasteiger partial charge in [0.1, 0.15) is 18.5 Å². The molecule has 1 aromatic rings. The SMILES string of the molecule is CCC(=O)COc1ccc(O[C@H]2C[C@@H](NC)C2)nc1. The fourth-order valence-electron chi connectivity index (χ4n) is 1.86. The summed E-state index contributed by atoms with van der Waals surface area (Å²) in [6.07, 6.45) is 4.36. The van der Waals surface area contributed by atoms with E-state index in [2.05, 4.69) is 10.3 Å². The maximum atomic E-state index is 11.1. The molecule has 5 nitrogen and oxygen atoms in total. The Balaban J connectivity index is 1.77. The lowest BCUT2D eigenvalue weighted by Gasteiger charge is -2.34. The van der Waals surface area contributed by atoms with Crippen molar-refractivity contribution in [2.24, 2.45) is 0 Å². The number of Topliss-reactive ketones (excluding diaryl/α,β-unsaturated/α-hetero) is 1. The zero-order valence-corrected chi connectivity index (χ0v) is 11.4. The maximum absolute atomic E-state index is 11.1. The van der Waals surface area contributed by atoms with Crippen molar-refractivity contribution < 1.29 is 14.3 Å². The third-order valence-corrected chi connectivity index (χ3v) is 3.29. The molecular weight excluding hydrogens is 244 g/mol. The third kappa shape index (κ3) is 3.92. The fourth-order valence-corrected chi connectivity index (χ4v) is 1.86. The Morgan fingerprint density at radius 2 is 2.26 bits per heavy atom. The smallest absolute Gasteiger partial charge is 0.213 e. The first-order valence-corrected chi connectivity index (χ1v) is 6.65. The van der Waals surface area contributed by atoms with Crippen LogP contribution in [0.2, 0.25) is 0 Å². The molecule has 0 amide bonds. The van der Waals surface area contributed by atoms with E-state index in [1.165, 1.54) is 0 Å². The predicted octanol–water partition coefficient (Wildman–Crippen LogP) is 1.57. The number of aromatic nitrogens is 1. The summed E-state index contributed by atoms with van der Waals surface area (Å²) in [5, 5.41) is 3.21. The quantitative estimate of drug-likeness (QED) is 0.810. The number of pyridine rings is 1. The summed E-state index contributed by atoms with van der Waals surface area (Å²) in [4.78, 5) is 15.3. The van der Waals surface area contributed by atoms with E-state index in [0.717, 1.165) is 12.8 Å². The molecular formula is C14H20N2O3. The molecule has 104 valence electrons. The minimum Gasteiger partial charge on any atom is -0.484 e. The van der Waals surface area contributed by atoms with Crippen molar-refractivity contribution in [1.82, 2.24) is 10.3 Å². The molecule has 19 heavy (non-hydrogen) atoms. The highest BCUT2D eigenvalue weighted by Gasteiger charge is 2.29. The minimum absolute atomic E-state index is 0.0768. The van der Waals surface area contributed by atoms with Gasteiger partial charge in [-0.25, -0.2) is 4.98 Å². The van der Waals surface area contributed by atoms with Gasteiger partial charge in [0, 0.05) is 18.5 Å². The number of hydrogen-bond acceptors (Lipinski definition) is 5. The highest BCUT2D eigenvalue weighted by atomic mass is 16.5. The zero-order valence-electron chi connectivity index (χ0n) is 11.4. The van der Waals surface area contributed by atoms with Gasteiger partial charge in [0.15, 0.2) is 5.78 Å². The number of nitrogens with zero attached hydrogens (tertiary/aromatic N) is 1.